The van der Waals surface area contributed by atoms with E-state index in [0.29, 0.717) is 22.7 Å². The Balaban J connectivity index is 1.96. The van der Waals surface area contributed by atoms with E-state index in [4.69, 9.17) is 27.8 Å². The first-order valence-corrected chi connectivity index (χ1v) is 12.6. The Bertz CT molecular complexity index is 1280. The summed E-state index contributed by atoms with van der Waals surface area (Å²) in [6.07, 6.45) is 7.61. The van der Waals surface area contributed by atoms with Crippen molar-refractivity contribution in [2.24, 2.45) is 10.9 Å². The number of carbonyl (C=O) groups excluding carboxylic acids is 1. The predicted octanol–water partition coefficient (Wildman–Crippen LogP) is 2.72. The second-order valence-corrected chi connectivity index (χ2v) is 8.89. The number of carboxylic acid groups (broad SMARTS) is 1. The summed E-state index contributed by atoms with van der Waals surface area (Å²) in [7, 11) is 0. The molecule has 2 aromatic rings. The number of aryl methyl sites for hydroxylation is 1. The summed E-state index contributed by atoms with van der Waals surface area (Å²) in [5.74, 6) is -0.0645. The maximum absolute atomic E-state index is 12.7. The van der Waals surface area contributed by atoms with Crippen LogP contribution in [0.5, 0.6) is 0 Å². The zero-order valence-electron chi connectivity index (χ0n) is 20.0. The van der Waals surface area contributed by atoms with Crippen molar-refractivity contribution in [1.82, 2.24) is 19.5 Å². The number of nitrogen functional groups attached to an aromatic ring is 1. The molecular weight excluding hydrogens is 714 g/mol. The van der Waals surface area contributed by atoms with E-state index in [0.717, 1.165) is 0 Å². The number of halogens is 2. The van der Waals surface area contributed by atoms with Gasteiger partial charge in [-0.1, -0.05) is 12.0 Å². The normalized spacial score (nSPS) is 23.7. The van der Waals surface area contributed by atoms with E-state index in [-0.39, 0.29) is 18.8 Å². The summed E-state index contributed by atoms with van der Waals surface area (Å²) in [6.45, 7) is 4.65. The van der Waals surface area contributed by atoms with E-state index < -0.39 is 41.9 Å². The first kappa shape index (κ1) is 29.2. The number of carbonyl (C=O) groups is 2. The van der Waals surface area contributed by atoms with Crippen LogP contribution in [0.3, 0.4) is 0 Å². The average Bonchev–Trinajstić information content (AvgIpc) is 3.45. The Morgan fingerprint density at radius 1 is 1.41 bits per heavy atom. The zero-order valence-corrected chi connectivity index (χ0v) is 24.3. The fourth-order valence-electron chi connectivity index (χ4n) is 3.97. The van der Waals surface area contributed by atoms with Gasteiger partial charge in [0.15, 0.2) is 40.7 Å². The van der Waals surface area contributed by atoms with Crippen LogP contribution in [0.4, 0.5) is 5.82 Å². The largest absolute Gasteiger partial charge is 0.479 e. The molecule has 0 spiro atoms. The highest BCUT2D eigenvalue weighted by Crippen LogP contribution is 2.39. The summed E-state index contributed by atoms with van der Waals surface area (Å²) < 4.78 is 24.0. The zero-order chi connectivity index (χ0) is 27.3. The van der Waals surface area contributed by atoms with Gasteiger partial charge in [-0.25, -0.2) is 24.5 Å². The molecule has 0 aromatic carbocycles. The van der Waals surface area contributed by atoms with Gasteiger partial charge in [-0.2, -0.15) is 0 Å². The van der Waals surface area contributed by atoms with Crippen LogP contribution in [0.2, 0.25) is 0 Å². The smallest absolute Gasteiger partial charge is 0.360 e. The molecule has 0 aliphatic carbocycles. The van der Waals surface area contributed by atoms with Crippen molar-refractivity contribution in [1.29, 1.82) is 0 Å². The number of ether oxygens (including phenoxy) is 2. The first-order chi connectivity index (χ1) is 17.7. The van der Waals surface area contributed by atoms with Crippen molar-refractivity contribution >= 4 is 81.1 Å². The molecular formula is C22H24I2N6O7. The van der Waals surface area contributed by atoms with Crippen LogP contribution in [-0.4, -0.2) is 67.2 Å². The van der Waals surface area contributed by atoms with Crippen LogP contribution in [0, 0.1) is 25.2 Å². The molecule has 4 unspecified atom stereocenters. The maximum atomic E-state index is 12.7. The second kappa shape index (κ2) is 12.4. The molecule has 3 rings (SSSR count). The van der Waals surface area contributed by atoms with E-state index in [9.17, 15) is 14.7 Å². The number of aliphatic carboxylic acids is 1. The minimum absolute atomic E-state index is 0.206. The lowest BCUT2D eigenvalue weighted by atomic mass is 9.96. The van der Waals surface area contributed by atoms with Crippen molar-refractivity contribution in [3.8, 4) is 12.3 Å². The number of nitrogens with two attached hydrogens (primary N) is 1. The SMILES string of the molecule is C#CC1C(COC(C/C(=C/C)N=CC)(C(=O)O)C(=O)OI)OC(n2cnc3c(N)nc(C)nc32)[C@@H]1OI. The minimum atomic E-state index is -2.39. The highest BCUT2D eigenvalue weighted by Gasteiger charge is 2.53. The van der Waals surface area contributed by atoms with Crippen molar-refractivity contribution < 1.29 is 30.3 Å². The van der Waals surface area contributed by atoms with Gasteiger partial charge >= 0.3 is 11.9 Å². The molecule has 2 aromatic heterocycles. The molecule has 0 radical (unpaired) electrons. The number of hydrogen-bond donors (Lipinski definition) is 2. The second-order valence-electron chi connectivity index (χ2n) is 7.94. The molecule has 0 bridgehead atoms. The highest BCUT2D eigenvalue weighted by atomic mass is 127. The molecule has 3 heterocycles. The maximum Gasteiger partial charge on any atom is 0.360 e. The number of rotatable bonds is 10. The minimum Gasteiger partial charge on any atom is -0.479 e. The van der Waals surface area contributed by atoms with Crippen molar-refractivity contribution in [3.63, 3.8) is 0 Å². The fourth-order valence-corrected chi connectivity index (χ4v) is 4.90. The molecule has 0 amide bonds. The number of fused-ring (bicyclic) bond motifs is 1. The number of aromatic nitrogens is 4. The summed E-state index contributed by atoms with van der Waals surface area (Å²) in [6, 6.07) is 0. The van der Waals surface area contributed by atoms with Gasteiger partial charge in [-0.05, 0) is 20.8 Å². The fraction of sp³-hybridized carbons (Fsp3) is 0.455. The number of allylic oxidation sites excluding steroid dienone is 1. The van der Waals surface area contributed by atoms with Crippen LogP contribution in [0.1, 0.15) is 32.3 Å². The van der Waals surface area contributed by atoms with E-state index >= 15 is 0 Å². The van der Waals surface area contributed by atoms with Gasteiger partial charge in [0.1, 0.15) is 46.6 Å². The summed E-state index contributed by atoms with van der Waals surface area (Å²) in [5, 5.41) is 10.1. The van der Waals surface area contributed by atoms with Gasteiger partial charge in [-0.3, -0.25) is 9.56 Å². The van der Waals surface area contributed by atoms with Gasteiger partial charge in [0.25, 0.3) is 5.60 Å². The third-order valence-electron chi connectivity index (χ3n) is 5.78. The van der Waals surface area contributed by atoms with Crippen LogP contribution in [0.15, 0.2) is 23.1 Å². The van der Waals surface area contributed by atoms with Crippen molar-refractivity contribution in [2.75, 3.05) is 12.3 Å². The van der Waals surface area contributed by atoms with Gasteiger partial charge in [0, 0.05) is 18.3 Å². The number of carboxylic acids is 1. The number of imidazole rings is 1. The van der Waals surface area contributed by atoms with Gasteiger partial charge in [0.05, 0.1) is 18.9 Å². The highest BCUT2D eigenvalue weighted by molar-refractivity contribution is 14.1. The molecule has 1 fully saturated rings. The predicted molar refractivity (Wildman–Crippen MR) is 149 cm³/mol. The molecule has 1 aliphatic rings. The van der Waals surface area contributed by atoms with Gasteiger partial charge < -0.3 is 26.4 Å². The van der Waals surface area contributed by atoms with Gasteiger partial charge in [-0.15, -0.1) is 6.42 Å². The summed E-state index contributed by atoms with van der Waals surface area (Å²) >= 11 is 3.03. The quantitative estimate of drug-likeness (QED) is 0.159. The Labute approximate surface area is 240 Å². The third-order valence-corrected chi connectivity index (χ3v) is 6.76. The van der Waals surface area contributed by atoms with Crippen LogP contribution in [-0.2, 0) is 25.2 Å². The van der Waals surface area contributed by atoms with Crippen LogP contribution < -0.4 is 5.73 Å². The molecule has 1 saturated heterocycles. The third kappa shape index (κ3) is 5.72. The summed E-state index contributed by atoms with van der Waals surface area (Å²) in [4.78, 5) is 42.0. The monoisotopic (exact) mass is 738 g/mol. The lowest BCUT2D eigenvalue weighted by Crippen LogP contribution is -2.51. The molecule has 1 aliphatic heterocycles. The molecule has 15 heteroatoms. The number of hydrogen-bond acceptors (Lipinski definition) is 11. The van der Waals surface area contributed by atoms with Crippen LogP contribution in [0.25, 0.3) is 11.2 Å². The molecule has 37 heavy (non-hydrogen) atoms. The van der Waals surface area contributed by atoms with E-state index in [1.807, 2.05) is 0 Å². The first-order valence-electron chi connectivity index (χ1n) is 10.9. The van der Waals surface area contributed by atoms with E-state index in [2.05, 4.69) is 25.9 Å². The molecule has 0 saturated carbocycles. The molecule has 198 valence electrons. The Morgan fingerprint density at radius 3 is 2.70 bits per heavy atom. The Hall–Kier alpha value is -2.40. The topological polar surface area (TPSA) is 173 Å². The molecule has 13 nitrogen and oxygen atoms in total. The summed E-state index contributed by atoms with van der Waals surface area (Å²) in [5.41, 5.74) is 4.70. The van der Waals surface area contributed by atoms with Gasteiger partial charge in [0.2, 0.25) is 0 Å². The standard InChI is InChI=1S/C22H24I2N6O7/c1-5-12(26-7-3)8-22(20(31)32,21(33)37-24)34-9-14-13(6-2)16(36-23)19(35-14)30-10-27-15-17(25)28-11(4)29-18(15)30/h2,5,7,10,13-14,16,19H,8-9H2,1,3-4H3,(H,31,32)(H2,25,28,29)/b12-5-,26-7?/t13?,14?,16-,19?,22?/m1/s1. The Morgan fingerprint density at radius 2 is 2.14 bits per heavy atom. The molecule has 5 atom stereocenters. The number of anilines is 1. The van der Waals surface area contributed by atoms with Crippen molar-refractivity contribution in [3.05, 3.63) is 23.9 Å². The van der Waals surface area contributed by atoms with E-state index in [1.165, 1.54) is 35.5 Å². The number of aliphatic imine (C=N–C) groups is 1. The van der Waals surface area contributed by atoms with E-state index in [1.54, 1.807) is 54.4 Å². The lowest BCUT2D eigenvalue weighted by molar-refractivity contribution is -0.185. The Kier molecular flexibility index (Phi) is 9.80. The van der Waals surface area contributed by atoms with Crippen LogP contribution >= 0.6 is 46.0 Å². The van der Waals surface area contributed by atoms with Crippen molar-refractivity contribution in [2.45, 2.75) is 51.2 Å². The number of nitrogens with zero attached hydrogens (tertiary/aromatic N) is 5. The number of terminal acetylenes is 1. The lowest BCUT2D eigenvalue weighted by Gasteiger charge is -2.28. The molecule has 3 N–H and O–H groups in total. The average molecular weight is 738 g/mol.